The molecule has 0 amide bonds. The highest BCUT2D eigenvalue weighted by molar-refractivity contribution is 7.26. The fourth-order valence-electron chi connectivity index (χ4n) is 5.01. The van der Waals surface area contributed by atoms with Crippen LogP contribution >= 0.6 is 11.3 Å². The summed E-state index contributed by atoms with van der Waals surface area (Å²) in [6.07, 6.45) is 0. The molecule has 1 heteroatoms. The van der Waals surface area contributed by atoms with E-state index in [9.17, 15) is 2.74 Å². The first-order valence-corrected chi connectivity index (χ1v) is 12.0. The molecule has 0 unspecified atom stereocenters. The molecule has 1 aromatic heterocycles. The highest BCUT2D eigenvalue weighted by atomic mass is 32.1. The Hall–Kier alpha value is -4.20. The van der Waals surface area contributed by atoms with Crippen LogP contribution in [0.3, 0.4) is 0 Å². The zero-order valence-electron chi connectivity index (χ0n) is 29.1. The molecule has 0 aliphatic carbocycles. The highest BCUT2D eigenvalue weighted by Gasteiger charge is 2.14. The fraction of sp³-hybridized carbons (Fsp3) is 0. The van der Waals surface area contributed by atoms with Gasteiger partial charge in [-0.05, 0) is 72.4 Å². The molecule has 7 aromatic carbocycles. The van der Waals surface area contributed by atoms with Crippen molar-refractivity contribution < 1.29 is 15.1 Å². The van der Waals surface area contributed by atoms with E-state index in [0.29, 0.717) is 5.56 Å². The van der Waals surface area contributed by atoms with Gasteiger partial charge < -0.3 is 0 Å². The van der Waals surface area contributed by atoms with Gasteiger partial charge in [0.05, 0.1) is 15.1 Å². The molecule has 0 nitrogen and oxygen atoms in total. The van der Waals surface area contributed by atoms with Crippen LogP contribution in [0, 0.1) is 0 Å². The summed E-state index contributed by atoms with van der Waals surface area (Å²) in [4.78, 5) is 0. The van der Waals surface area contributed by atoms with Gasteiger partial charge in [0.2, 0.25) is 0 Å². The number of thiophene rings is 1. The molecular weight excluding hydrogens is 440 g/mol. The average Bonchev–Trinajstić information content (AvgIpc) is 3.44. The van der Waals surface area contributed by atoms with E-state index in [-0.39, 0.29) is 37.9 Å². The summed E-state index contributed by atoms with van der Waals surface area (Å²) in [7, 11) is 0. The van der Waals surface area contributed by atoms with Crippen LogP contribution in [0.5, 0.6) is 0 Å². The van der Waals surface area contributed by atoms with Crippen LogP contribution in [-0.4, -0.2) is 0 Å². The van der Waals surface area contributed by atoms with E-state index < -0.39 is 66.5 Å². The minimum Gasteiger partial charge on any atom is -0.135 e. The van der Waals surface area contributed by atoms with Gasteiger partial charge in [-0.2, -0.15) is 0 Å². The van der Waals surface area contributed by atoms with Crippen molar-refractivity contribution in [2.24, 2.45) is 0 Å². The van der Waals surface area contributed by atoms with Crippen LogP contribution in [0.15, 0.2) is 121 Å². The summed E-state index contributed by atoms with van der Waals surface area (Å²) in [6.45, 7) is 0. The second-order valence-corrected chi connectivity index (χ2v) is 9.53. The predicted molar refractivity (Wildman–Crippen MR) is 155 cm³/mol. The van der Waals surface area contributed by atoms with Gasteiger partial charge in [-0.25, -0.2) is 0 Å². The molecule has 0 atom stereocenters. The SMILES string of the molecule is [2H]c1c([2H])c([2H])c2c([2H])c3c(c([2H])c([2H])c4c([2H])c([2H])c([2H])c([2H])c43)c(-c3ccc4sc5c6ccccc6ccc5c4c3)c2c1[2H]. The molecule has 0 saturated heterocycles. The summed E-state index contributed by atoms with van der Waals surface area (Å²) >= 11 is 1.63. The second kappa shape index (κ2) is 7.15. The Balaban J connectivity index is 1.65. The second-order valence-electron chi connectivity index (χ2n) is 8.48. The Morgan fingerprint density at radius 2 is 1.34 bits per heavy atom. The highest BCUT2D eigenvalue weighted by Crippen LogP contribution is 2.43. The topological polar surface area (TPSA) is 0 Å². The first-order chi connectivity index (χ1) is 21.9. The Morgan fingerprint density at radius 3 is 2.29 bits per heavy atom. The number of hydrogen-bond donors (Lipinski definition) is 0. The van der Waals surface area contributed by atoms with Gasteiger partial charge in [0, 0.05) is 20.2 Å². The van der Waals surface area contributed by atoms with Crippen molar-refractivity contribution in [3.8, 4) is 11.1 Å². The van der Waals surface area contributed by atoms with E-state index in [1.54, 1.807) is 17.4 Å². The van der Waals surface area contributed by atoms with Crippen molar-refractivity contribution in [1.82, 2.24) is 0 Å². The number of benzene rings is 7. The van der Waals surface area contributed by atoms with Crippen molar-refractivity contribution >= 4 is 74.6 Å². The zero-order chi connectivity index (χ0) is 32.5. The van der Waals surface area contributed by atoms with Gasteiger partial charge in [-0.1, -0.05) is 103 Å². The summed E-state index contributed by atoms with van der Waals surface area (Å²) in [6, 6.07) is 12.5. The summed E-state index contributed by atoms with van der Waals surface area (Å²) in [5.41, 5.74) is 0.705. The van der Waals surface area contributed by atoms with E-state index in [2.05, 4.69) is 6.07 Å². The van der Waals surface area contributed by atoms with Crippen molar-refractivity contribution in [3.63, 3.8) is 0 Å². The third-order valence-electron chi connectivity index (χ3n) is 6.59. The molecule has 1 heterocycles. The van der Waals surface area contributed by atoms with Crippen LogP contribution < -0.4 is 0 Å². The lowest BCUT2D eigenvalue weighted by Gasteiger charge is -2.14. The van der Waals surface area contributed by atoms with E-state index in [0.717, 1.165) is 30.9 Å². The lowest BCUT2D eigenvalue weighted by Crippen LogP contribution is -1.87. The molecule has 0 fully saturated rings. The maximum Gasteiger partial charge on any atom is 0.0636 e. The minimum absolute atomic E-state index is 0.0147. The molecule has 8 aromatic rings. The normalized spacial score (nSPS) is 16.4. The quantitative estimate of drug-likeness (QED) is 0.165. The molecule has 0 N–H and O–H groups in total. The molecular formula is C34H20S. The molecule has 0 saturated carbocycles. The van der Waals surface area contributed by atoms with E-state index in [4.69, 9.17) is 12.3 Å². The maximum atomic E-state index is 9.28. The molecule has 35 heavy (non-hydrogen) atoms. The summed E-state index contributed by atoms with van der Waals surface area (Å²) in [5.74, 6) is 0. The molecule has 162 valence electrons. The number of rotatable bonds is 1. The number of hydrogen-bond acceptors (Lipinski definition) is 1. The zero-order valence-corrected chi connectivity index (χ0v) is 18.9. The molecule has 0 aliphatic rings. The van der Waals surface area contributed by atoms with Crippen molar-refractivity contribution in [3.05, 3.63) is 121 Å². The van der Waals surface area contributed by atoms with Crippen molar-refractivity contribution in [2.45, 2.75) is 0 Å². The Bertz CT molecular complexity index is 2710. The Labute approximate surface area is 222 Å². The fourth-order valence-corrected chi connectivity index (χ4v) is 6.23. The van der Waals surface area contributed by atoms with Gasteiger partial charge in [0.25, 0.3) is 0 Å². The van der Waals surface area contributed by atoms with Gasteiger partial charge in [-0.15, -0.1) is 11.3 Å². The van der Waals surface area contributed by atoms with Crippen LogP contribution in [0.4, 0.5) is 0 Å². The number of fused-ring (bicyclic) bond motifs is 9. The van der Waals surface area contributed by atoms with Gasteiger partial charge in [0.1, 0.15) is 0 Å². The third-order valence-corrected chi connectivity index (χ3v) is 7.81. The molecule has 0 radical (unpaired) electrons. The van der Waals surface area contributed by atoms with E-state index in [1.807, 2.05) is 42.5 Å². The molecule has 0 spiro atoms. The van der Waals surface area contributed by atoms with Gasteiger partial charge >= 0.3 is 0 Å². The van der Waals surface area contributed by atoms with Crippen molar-refractivity contribution in [2.75, 3.05) is 0 Å². The Kier molecular flexibility index (Phi) is 2.35. The van der Waals surface area contributed by atoms with Crippen molar-refractivity contribution in [1.29, 1.82) is 0 Å². The largest absolute Gasteiger partial charge is 0.135 e. The molecule has 0 aliphatic heterocycles. The minimum atomic E-state index is -0.568. The maximum absolute atomic E-state index is 9.28. The van der Waals surface area contributed by atoms with Crippen LogP contribution in [0.25, 0.3) is 74.4 Å². The molecule has 8 rings (SSSR count). The van der Waals surface area contributed by atoms with Gasteiger partial charge in [0.15, 0.2) is 0 Å². The predicted octanol–water partition coefficient (Wildman–Crippen LogP) is 10.3. The van der Waals surface area contributed by atoms with Gasteiger partial charge in [-0.3, -0.25) is 0 Å². The summed E-state index contributed by atoms with van der Waals surface area (Å²) in [5, 5.41) is 3.58. The average molecular weight is 472 g/mol. The van der Waals surface area contributed by atoms with E-state index >= 15 is 0 Å². The first-order valence-electron chi connectivity index (χ1n) is 16.6. The summed E-state index contributed by atoms with van der Waals surface area (Å²) < 4.78 is 98.1. The lowest BCUT2D eigenvalue weighted by molar-refractivity contribution is 1.73. The smallest absolute Gasteiger partial charge is 0.0636 e. The lowest BCUT2D eigenvalue weighted by atomic mass is 9.89. The standard InChI is InChI=1S/C34H20S/c1-4-10-25-21(7-1)13-16-28-30(25)19-23-9-3-5-11-26(23)33(28)24-15-18-32-31(20-24)29-17-14-22-8-2-6-12-27(22)34(29)35-32/h1-20H/i1D,3D,4D,5D,7D,9D,10D,11D,13D,16D,19D. The van der Waals surface area contributed by atoms with Crippen LogP contribution in [-0.2, 0) is 0 Å². The Morgan fingerprint density at radius 1 is 0.514 bits per heavy atom. The van der Waals surface area contributed by atoms with Crippen LogP contribution in [0.2, 0.25) is 0 Å². The molecule has 0 bridgehead atoms. The first kappa shape index (κ1) is 11.5. The monoisotopic (exact) mass is 471 g/mol. The van der Waals surface area contributed by atoms with Crippen LogP contribution in [0.1, 0.15) is 15.1 Å². The van der Waals surface area contributed by atoms with E-state index in [1.165, 1.54) is 0 Å². The third kappa shape index (κ3) is 2.73.